The lowest BCUT2D eigenvalue weighted by atomic mass is 9.81. The standard InChI is InChI=1S/C21H39N5O2/c1-4-21(5-2)18(27)15-17(11-10-14-25-20(22)23)16(3)24-13-9-7-6-8-12-19(28)26-21/h17,24H,3-15H2,1-2H3,(H,26,28)(H4,22,23,25)/t17-/m1/s1. The number of nitrogens with two attached hydrogens (primary N) is 2. The zero-order chi connectivity index (χ0) is 21.0. The van der Waals surface area contributed by atoms with Crippen LogP contribution in [-0.4, -0.2) is 36.3 Å². The van der Waals surface area contributed by atoms with Gasteiger partial charge in [0.2, 0.25) is 5.91 Å². The highest BCUT2D eigenvalue weighted by molar-refractivity contribution is 5.93. The van der Waals surface area contributed by atoms with Crippen molar-refractivity contribution in [3.8, 4) is 0 Å². The number of allylic oxidation sites excluding steroid dienone is 1. The Morgan fingerprint density at radius 3 is 2.50 bits per heavy atom. The summed E-state index contributed by atoms with van der Waals surface area (Å²) in [5.74, 6) is 0.143. The molecule has 7 heteroatoms. The summed E-state index contributed by atoms with van der Waals surface area (Å²) in [7, 11) is 0. The first-order valence-corrected chi connectivity index (χ1v) is 10.7. The maximum atomic E-state index is 13.3. The van der Waals surface area contributed by atoms with Crippen molar-refractivity contribution in [2.24, 2.45) is 22.4 Å². The van der Waals surface area contributed by atoms with Gasteiger partial charge in [0, 0.05) is 37.5 Å². The maximum absolute atomic E-state index is 13.3. The second kappa shape index (κ2) is 12.4. The van der Waals surface area contributed by atoms with Crippen molar-refractivity contribution in [1.82, 2.24) is 10.6 Å². The van der Waals surface area contributed by atoms with E-state index < -0.39 is 5.54 Å². The van der Waals surface area contributed by atoms with Crippen LogP contribution in [0.4, 0.5) is 0 Å². The molecule has 0 unspecified atom stereocenters. The fraction of sp³-hybridized carbons (Fsp3) is 0.762. The van der Waals surface area contributed by atoms with Gasteiger partial charge in [0.25, 0.3) is 0 Å². The number of amides is 1. The highest BCUT2D eigenvalue weighted by atomic mass is 16.2. The Hall–Kier alpha value is -2.05. The molecule has 6 N–H and O–H groups in total. The van der Waals surface area contributed by atoms with E-state index in [1.54, 1.807) is 0 Å². The summed E-state index contributed by atoms with van der Waals surface area (Å²) in [6, 6.07) is 0. The van der Waals surface area contributed by atoms with Gasteiger partial charge in [-0.05, 0) is 38.5 Å². The lowest BCUT2D eigenvalue weighted by Crippen LogP contribution is -2.54. The summed E-state index contributed by atoms with van der Waals surface area (Å²) >= 11 is 0. The zero-order valence-corrected chi connectivity index (χ0v) is 17.7. The topological polar surface area (TPSA) is 123 Å². The molecule has 160 valence electrons. The second-order valence-electron chi connectivity index (χ2n) is 7.73. The lowest BCUT2D eigenvalue weighted by molar-refractivity contribution is -0.133. The smallest absolute Gasteiger partial charge is 0.220 e. The van der Waals surface area contributed by atoms with Crippen LogP contribution in [-0.2, 0) is 9.59 Å². The first-order valence-electron chi connectivity index (χ1n) is 10.7. The molecule has 1 aliphatic rings. The monoisotopic (exact) mass is 393 g/mol. The minimum absolute atomic E-state index is 0.000911. The normalized spacial score (nSPS) is 21.9. The maximum Gasteiger partial charge on any atom is 0.220 e. The summed E-state index contributed by atoms with van der Waals surface area (Å²) in [5.41, 5.74) is 10.9. The van der Waals surface area contributed by atoms with Crippen molar-refractivity contribution in [2.75, 3.05) is 13.1 Å². The van der Waals surface area contributed by atoms with Crippen LogP contribution in [0, 0.1) is 5.92 Å². The van der Waals surface area contributed by atoms with E-state index in [4.69, 9.17) is 11.5 Å². The predicted molar refractivity (Wildman–Crippen MR) is 115 cm³/mol. The summed E-state index contributed by atoms with van der Waals surface area (Å²) in [6.45, 7) is 9.50. The molecule has 0 aliphatic carbocycles. The number of carbonyl (C=O) groups is 2. The average Bonchev–Trinajstić information content (AvgIpc) is 2.66. The number of carbonyl (C=O) groups excluding carboxylic acids is 2. The number of ketones is 1. The molecule has 28 heavy (non-hydrogen) atoms. The molecule has 7 nitrogen and oxygen atoms in total. The second-order valence-corrected chi connectivity index (χ2v) is 7.73. The van der Waals surface area contributed by atoms with E-state index in [1.807, 2.05) is 13.8 Å². The number of nitrogens with zero attached hydrogens (tertiary/aromatic N) is 1. The molecule has 1 saturated heterocycles. The summed E-state index contributed by atoms with van der Waals surface area (Å²) in [4.78, 5) is 29.7. The van der Waals surface area contributed by atoms with Gasteiger partial charge in [-0.25, -0.2) is 0 Å². The quantitative estimate of drug-likeness (QED) is 0.313. The zero-order valence-electron chi connectivity index (χ0n) is 17.7. The molecule has 0 radical (unpaired) electrons. The molecule has 1 aliphatic heterocycles. The lowest BCUT2D eigenvalue weighted by Gasteiger charge is -2.33. The molecular weight excluding hydrogens is 354 g/mol. The third-order valence-corrected chi connectivity index (χ3v) is 5.73. The predicted octanol–water partition coefficient (Wildman–Crippen LogP) is 2.36. The van der Waals surface area contributed by atoms with Crippen LogP contribution in [0.25, 0.3) is 0 Å². The molecule has 0 aromatic heterocycles. The van der Waals surface area contributed by atoms with E-state index in [0.29, 0.717) is 32.2 Å². The summed E-state index contributed by atoms with van der Waals surface area (Å²) in [5, 5.41) is 6.47. The molecule has 0 saturated carbocycles. The van der Waals surface area contributed by atoms with Crippen LogP contribution in [0.5, 0.6) is 0 Å². The largest absolute Gasteiger partial charge is 0.389 e. The van der Waals surface area contributed by atoms with Crippen molar-refractivity contribution in [3.05, 3.63) is 12.3 Å². The van der Waals surface area contributed by atoms with Crippen LogP contribution >= 0.6 is 0 Å². The van der Waals surface area contributed by atoms with Crippen molar-refractivity contribution in [3.63, 3.8) is 0 Å². The summed E-state index contributed by atoms with van der Waals surface area (Å²) in [6.07, 6.45) is 7.55. The van der Waals surface area contributed by atoms with Crippen LogP contribution in [0.15, 0.2) is 17.3 Å². The van der Waals surface area contributed by atoms with E-state index in [9.17, 15) is 9.59 Å². The van der Waals surface area contributed by atoms with Crippen LogP contribution in [0.1, 0.15) is 78.1 Å². The van der Waals surface area contributed by atoms with E-state index in [2.05, 4.69) is 22.2 Å². The van der Waals surface area contributed by atoms with Crippen molar-refractivity contribution in [1.29, 1.82) is 0 Å². The molecule has 1 rings (SSSR count). The van der Waals surface area contributed by atoms with Gasteiger partial charge in [-0.1, -0.05) is 33.3 Å². The van der Waals surface area contributed by atoms with Gasteiger partial charge in [0.15, 0.2) is 11.7 Å². The highest BCUT2D eigenvalue weighted by Gasteiger charge is 2.37. The van der Waals surface area contributed by atoms with E-state index in [1.165, 1.54) is 0 Å². The van der Waals surface area contributed by atoms with Crippen LogP contribution < -0.4 is 22.1 Å². The Balaban J connectivity index is 2.95. The number of Topliss-reactive ketones (excluding diaryl/α,β-unsaturated/α-hetero) is 1. The third-order valence-electron chi connectivity index (χ3n) is 5.73. The molecule has 0 spiro atoms. The first kappa shape index (κ1) is 24.0. The van der Waals surface area contributed by atoms with Gasteiger partial charge in [0.1, 0.15) is 0 Å². The van der Waals surface area contributed by atoms with E-state index in [-0.39, 0.29) is 23.6 Å². The number of rotatable bonds is 6. The van der Waals surface area contributed by atoms with Gasteiger partial charge in [-0.2, -0.15) is 0 Å². The van der Waals surface area contributed by atoms with Crippen molar-refractivity contribution < 1.29 is 9.59 Å². The average molecular weight is 394 g/mol. The fourth-order valence-electron chi connectivity index (χ4n) is 3.74. The van der Waals surface area contributed by atoms with E-state index >= 15 is 0 Å². The molecule has 0 aromatic rings. The summed E-state index contributed by atoms with van der Waals surface area (Å²) < 4.78 is 0. The molecule has 1 fully saturated rings. The van der Waals surface area contributed by atoms with Gasteiger partial charge in [0.05, 0.1) is 5.54 Å². The van der Waals surface area contributed by atoms with E-state index in [0.717, 1.165) is 50.8 Å². The molecule has 1 amide bonds. The minimum atomic E-state index is -0.792. The van der Waals surface area contributed by atoms with Gasteiger partial charge < -0.3 is 22.1 Å². The number of guanidine groups is 1. The number of aliphatic imine (C=N–C) groups is 1. The molecule has 1 heterocycles. The van der Waals surface area contributed by atoms with Crippen molar-refractivity contribution in [2.45, 2.75) is 83.6 Å². The Bertz CT molecular complexity index is 551. The molecule has 0 aromatic carbocycles. The number of nitrogens with one attached hydrogen (secondary N) is 2. The molecule has 1 atom stereocenters. The SMILES string of the molecule is C=C1NCCCCCCC(=O)NC(CC)(CC)C(=O)C[C@H]1CCCN=C(N)N. The third kappa shape index (κ3) is 7.90. The Kier molecular flexibility index (Phi) is 10.6. The Labute approximate surface area is 169 Å². The van der Waals surface area contributed by atoms with Crippen molar-refractivity contribution >= 4 is 17.6 Å². The number of hydrogen-bond donors (Lipinski definition) is 4. The fourth-order valence-corrected chi connectivity index (χ4v) is 3.74. The molecular formula is C21H39N5O2. The highest BCUT2D eigenvalue weighted by Crippen LogP contribution is 2.26. The minimum Gasteiger partial charge on any atom is -0.389 e. The van der Waals surface area contributed by atoms with Crippen LogP contribution in [0.2, 0.25) is 0 Å². The Morgan fingerprint density at radius 2 is 1.86 bits per heavy atom. The van der Waals surface area contributed by atoms with Crippen LogP contribution in [0.3, 0.4) is 0 Å². The number of hydrogen-bond acceptors (Lipinski definition) is 4. The first-order chi connectivity index (χ1) is 13.3. The van der Waals surface area contributed by atoms with Gasteiger partial charge >= 0.3 is 0 Å². The van der Waals surface area contributed by atoms with Gasteiger partial charge in [-0.3, -0.25) is 14.6 Å². The van der Waals surface area contributed by atoms with Gasteiger partial charge in [-0.15, -0.1) is 0 Å². The Morgan fingerprint density at radius 1 is 1.18 bits per heavy atom. The molecule has 0 bridgehead atoms.